The van der Waals surface area contributed by atoms with Crippen LogP contribution in [0.3, 0.4) is 0 Å². The Hall–Kier alpha value is -3.24. The molecule has 2 N–H and O–H groups in total. The van der Waals surface area contributed by atoms with Gasteiger partial charge in [0.2, 0.25) is 5.95 Å². The lowest BCUT2D eigenvalue weighted by molar-refractivity contribution is 0.162. The van der Waals surface area contributed by atoms with Crippen molar-refractivity contribution in [2.45, 2.75) is 18.9 Å². The van der Waals surface area contributed by atoms with E-state index in [-0.39, 0.29) is 11.9 Å². The highest BCUT2D eigenvalue weighted by Crippen LogP contribution is 2.27. The fourth-order valence-corrected chi connectivity index (χ4v) is 3.09. The number of halogens is 1. The number of nitrogens with zero attached hydrogens (tertiary/aromatic N) is 3. The smallest absolute Gasteiger partial charge is 0.227 e. The second kappa shape index (κ2) is 7.56. The molecule has 7 heteroatoms. The molecule has 1 aliphatic heterocycles. The molecule has 0 aliphatic carbocycles. The van der Waals surface area contributed by atoms with Gasteiger partial charge in [-0.25, -0.2) is 14.4 Å². The predicted molar refractivity (Wildman–Crippen MR) is 100 cm³/mol. The van der Waals surface area contributed by atoms with Gasteiger partial charge in [-0.1, -0.05) is 6.07 Å². The molecule has 1 aromatic heterocycles. The van der Waals surface area contributed by atoms with E-state index >= 15 is 0 Å². The standard InChI is InChI=1S/C20H18FN5O/c21-15-2-1-3-16(9-15)25-20-24-12-14-8-13(11-22)19(10-18(14)26-20)27-17-4-6-23-7-5-17/h1-3,8-10,12,17,23H,4-7H2,(H,24,25,26). The Morgan fingerprint density at radius 1 is 1.22 bits per heavy atom. The minimum Gasteiger partial charge on any atom is -0.489 e. The van der Waals surface area contributed by atoms with E-state index in [0.717, 1.165) is 31.3 Å². The molecule has 0 spiro atoms. The van der Waals surface area contributed by atoms with Crippen molar-refractivity contribution in [2.75, 3.05) is 18.4 Å². The zero-order valence-corrected chi connectivity index (χ0v) is 14.6. The number of piperidine rings is 1. The molecule has 27 heavy (non-hydrogen) atoms. The molecule has 2 aromatic carbocycles. The van der Waals surface area contributed by atoms with Gasteiger partial charge in [-0.3, -0.25) is 0 Å². The third-order valence-electron chi connectivity index (χ3n) is 4.46. The molecule has 0 bridgehead atoms. The SMILES string of the molecule is N#Cc1cc2cnc(Nc3cccc(F)c3)nc2cc1OC1CCNCC1. The van der Waals surface area contributed by atoms with E-state index in [4.69, 9.17) is 4.74 Å². The minimum atomic E-state index is -0.336. The van der Waals surface area contributed by atoms with Crippen LogP contribution in [0.2, 0.25) is 0 Å². The topological polar surface area (TPSA) is 82.9 Å². The number of anilines is 2. The molecule has 6 nitrogen and oxygen atoms in total. The van der Waals surface area contributed by atoms with Gasteiger partial charge in [0.1, 0.15) is 23.7 Å². The molecule has 1 fully saturated rings. The number of rotatable bonds is 4. The zero-order chi connectivity index (χ0) is 18.6. The number of nitriles is 1. The van der Waals surface area contributed by atoms with Gasteiger partial charge in [-0.2, -0.15) is 5.26 Å². The number of hydrogen-bond donors (Lipinski definition) is 2. The van der Waals surface area contributed by atoms with Crippen molar-refractivity contribution in [3.63, 3.8) is 0 Å². The van der Waals surface area contributed by atoms with Crippen LogP contribution in [0.15, 0.2) is 42.6 Å². The van der Waals surface area contributed by atoms with Gasteiger partial charge in [0.15, 0.2) is 0 Å². The monoisotopic (exact) mass is 363 g/mol. The van der Waals surface area contributed by atoms with Crippen LogP contribution < -0.4 is 15.4 Å². The first kappa shape index (κ1) is 17.2. The summed E-state index contributed by atoms with van der Waals surface area (Å²) >= 11 is 0. The van der Waals surface area contributed by atoms with Crippen LogP contribution in [0.4, 0.5) is 16.0 Å². The Labute approximate surface area is 156 Å². The molecule has 0 radical (unpaired) electrons. The van der Waals surface area contributed by atoms with Gasteiger partial charge in [0.25, 0.3) is 0 Å². The van der Waals surface area contributed by atoms with Gasteiger partial charge in [-0.15, -0.1) is 0 Å². The maximum absolute atomic E-state index is 13.3. The highest BCUT2D eigenvalue weighted by atomic mass is 19.1. The summed E-state index contributed by atoms with van der Waals surface area (Å²) in [6.45, 7) is 1.81. The van der Waals surface area contributed by atoms with Gasteiger partial charge in [-0.05, 0) is 50.2 Å². The van der Waals surface area contributed by atoms with E-state index < -0.39 is 0 Å². The van der Waals surface area contributed by atoms with Crippen molar-refractivity contribution in [2.24, 2.45) is 0 Å². The summed E-state index contributed by atoms with van der Waals surface area (Å²) < 4.78 is 19.4. The van der Waals surface area contributed by atoms with Crippen LogP contribution in [0.25, 0.3) is 10.9 Å². The molecule has 0 saturated carbocycles. The summed E-state index contributed by atoms with van der Waals surface area (Å²) in [5.41, 5.74) is 1.69. The normalized spacial score (nSPS) is 14.7. The molecule has 0 atom stereocenters. The number of aromatic nitrogens is 2. The maximum atomic E-state index is 13.3. The third-order valence-corrected chi connectivity index (χ3v) is 4.46. The minimum absolute atomic E-state index is 0.0857. The van der Waals surface area contributed by atoms with Crippen molar-refractivity contribution >= 4 is 22.5 Å². The summed E-state index contributed by atoms with van der Waals surface area (Å²) in [6, 6.07) is 11.8. The summed E-state index contributed by atoms with van der Waals surface area (Å²) in [5.74, 6) is 0.551. The second-order valence-electron chi connectivity index (χ2n) is 6.42. The Kier molecular flexibility index (Phi) is 4.81. The summed E-state index contributed by atoms with van der Waals surface area (Å²) in [7, 11) is 0. The lowest BCUT2D eigenvalue weighted by Crippen LogP contribution is -2.34. The first-order valence-electron chi connectivity index (χ1n) is 8.82. The van der Waals surface area contributed by atoms with Crippen LogP contribution in [0.5, 0.6) is 5.75 Å². The zero-order valence-electron chi connectivity index (χ0n) is 14.6. The van der Waals surface area contributed by atoms with Crippen LogP contribution >= 0.6 is 0 Å². The van der Waals surface area contributed by atoms with E-state index in [2.05, 4.69) is 26.7 Å². The molecule has 2 heterocycles. The van der Waals surface area contributed by atoms with Gasteiger partial charge < -0.3 is 15.4 Å². The molecule has 0 amide bonds. The lowest BCUT2D eigenvalue weighted by atomic mass is 10.1. The van der Waals surface area contributed by atoms with Crippen molar-refractivity contribution < 1.29 is 9.13 Å². The molecular weight excluding hydrogens is 345 g/mol. The third kappa shape index (κ3) is 3.96. The fraction of sp³-hybridized carbons (Fsp3) is 0.250. The molecule has 136 valence electrons. The predicted octanol–water partition coefficient (Wildman–Crippen LogP) is 3.51. The first-order chi connectivity index (χ1) is 13.2. The number of hydrogen-bond acceptors (Lipinski definition) is 6. The molecule has 4 rings (SSSR count). The molecule has 3 aromatic rings. The van der Waals surface area contributed by atoms with E-state index in [0.29, 0.717) is 28.5 Å². The van der Waals surface area contributed by atoms with Crippen LogP contribution in [0.1, 0.15) is 18.4 Å². The number of nitrogens with one attached hydrogen (secondary N) is 2. The van der Waals surface area contributed by atoms with Crippen molar-refractivity contribution in [3.8, 4) is 11.8 Å². The van der Waals surface area contributed by atoms with Crippen molar-refractivity contribution in [1.82, 2.24) is 15.3 Å². The fourth-order valence-electron chi connectivity index (χ4n) is 3.09. The quantitative estimate of drug-likeness (QED) is 0.738. The van der Waals surface area contributed by atoms with Crippen LogP contribution in [0, 0.1) is 17.1 Å². The number of ether oxygens (including phenoxy) is 1. The Morgan fingerprint density at radius 3 is 2.85 bits per heavy atom. The lowest BCUT2D eigenvalue weighted by Gasteiger charge is -2.24. The highest BCUT2D eigenvalue weighted by molar-refractivity contribution is 5.83. The van der Waals surface area contributed by atoms with Crippen molar-refractivity contribution in [3.05, 3.63) is 54.0 Å². The van der Waals surface area contributed by atoms with E-state index in [1.807, 2.05) is 0 Å². The van der Waals surface area contributed by atoms with Gasteiger partial charge in [0.05, 0.1) is 11.1 Å². The Bertz CT molecular complexity index is 1010. The maximum Gasteiger partial charge on any atom is 0.227 e. The largest absolute Gasteiger partial charge is 0.489 e. The van der Waals surface area contributed by atoms with E-state index in [1.54, 1.807) is 30.5 Å². The van der Waals surface area contributed by atoms with E-state index in [9.17, 15) is 9.65 Å². The summed E-state index contributed by atoms with van der Waals surface area (Å²) in [6.07, 6.45) is 3.53. The molecule has 1 saturated heterocycles. The van der Waals surface area contributed by atoms with Gasteiger partial charge >= 0.3 is 0 Å². The first-order valence-corrected chi connectivity index (χ1v) is 8.82. The molecule has 0 unspecified atom stereocenters. The number of benzene rings is 2. The van der Waals surface area contributed by atoms with Crippen LogP contribution in [-0.4, -0.2) is 29.2 Å². The Morgan fingerprint density at radius 2 is 2.07 bits per heavy atom. The van der Waals surface area contributed by atoms with E-state index in [1.165, 1.54) is 12.1 Å². The molecular formula is C20H18FN5O. The average Bonchev–Trinajstić information content (AvgIpc) is 2.68. The number of fused-ring (bicyclic) bond motifs is 1. The Balaban J connectivity index is 1.64. The van der Waals surface area contributed by atoms with Crippen LogP contribution in [-0.2, 0) is 0 Å². The van der Waals surface area contributed by atoms with Gasteiger partial charge in [0, 0.05) is 23.3 Å². The second-order valence-corrected chi connectivity index (χ2v) is 6.42. The average molecular weight is 363 g/mol. The summed E-state index contributed by atoms with van der Waals surface area (Å²) in [4.78, 5) is 8.73. The highest BCUT2D eigenvalue weighted by Gasteiger charge is 2.17. The summed E-state index contributed by atoms with van der Waals surface area (Å²) in [5, 5.41) is 16.5. The molecule has 1 aliphatic rings. The van der Waals surface area contributed by atoms with Crippen molar-refractivity contribution in [1.29, 1.82) is 5.26 Å².